The quantitative estimate of drug-likeness (QED) is 0.396. The van der Waals surface area contributed by atoms with Gasteiger partial charge in [0.2, 0.25) is 5.39 Å². The minimum absolute atomic E-state index is 0.205. The van der Waals surface area contributed by atoms with E-state index in [1.54, 1.807) is 36.1 Å². The van der Waals surface area contributed by atoms with Crippen LogP contribution in [0.3, 0.4) is 0 Å². The molecule has 4 rings (SSSR count). The molecule has 1 fully saturated rings. The Hall–Kier alpha value is -4.43. The highest BCUT2D eigenvalue weighted by molar-refractivity contribution is 6.30. The van der Waals surface area contributed by atoms with E-state index in [-0.39, 0.29) is 11.8 Å². The number of benzene rings is 3. The second kappa shape index (κ2) is 10.7. The lowest BCUT2D eigenvalue weighted by atomic mass is 9.75. The molecule has 37 heavy (non-hydrogen) atoms. The monoisotopic (exact) mass is 530 g/mol. The molecule has 0 bridgehead atoms. The van der Waals surface area contributed by atoms with Crippen molar-refractivity contribution >= 4 is 40.8 Å². The number of halogens is 4. The summed E-state index contributed by atoms with van der Waals surface area (Å²) < 4.78 is 31.5. The first-order valence-electron chi connectivity index (χ1n) is 10.6. The molecule has 0 aromatic heterocycles. The number of hydrogen-bond acceptors (Lipinski definition) is 5. The highest BCUT2D eigenvalue weighted by atomic mass is 35.5. The molecule has 2 amide bonds. The Balaban J connectivity index is 0.000000479. The summed E-state index contributed by atoms with van der Waals surface area (Å²) in [5.74, 6) is -3.60. The van der Waals surface area contributed by atoms with Gasteiger partial charge in [-0.1, -0.05) is 41.9 Å². The zero-order valence-corrected chi connectivity index (χ0v) is 19.8. The fourth-order valence-corrected chi connectivity index (χ4v) is 3.89. The van der Waals surface area contributed by atoms with Crippen LogP contribution >= 0.6 is 11.6 Å². The van der Waals surface area contributed by atoms with Crippen molar-refractivity contribution in [1.29, 1.82) is 5.39 Å². The minimum atomic E-state index is -5.19. The molecule has 0 radical (unpaired) electrons. The molecule has 3 aromatic rings. The lowest BCUT2D eigenvalue weighted by Crippen LogP contribution is -2.74. The van der Waals surface area contributed by atoms with Crippen molar-refractivity contribution in [2.24, 2.45) is 0 Å². The first-order valence-corrected chi connectivity index (χ1v) is 11.0. The van der Waals surface area contributed by atoms with Crippen molar-refractivity contribution in [3.05, 3.63) is 100.0 Å². The van der Waals surface area contributed by atoms with Crippen molar-refractivity contribution < 1.29 is 32.7 Å². The standard InChI is InChI=1S/C23H17ClN4O2.C2HF3O2/c1-23(26-21(29)16-9-13-18(27-25)14-10-16)20(15-7-11-17(24)12-8-15)28(22(23)30)19-5-3-2-4-6-19;3-2(4,5)1(6)7/h2-14,20H,1H3;(H,6,7)/t20-,23-;/m1./s1. The van der Waals surface area contributed by atoms with Crippen LogP contribution in [0, 0.1) is 5.39 Å². The van der Waals surface area contributed by atoms with Gasteiger partial charge in [-0.3, -0.25) is 14.5 Å². The van der Waals surface area contributed by atoms with Crippen molar-refractivity contribution in [2.75, 3.05) is 4.90 Å². The SMILES string of the molecule is C[C@]1(NC(=O)c2ccc([N+]#N)cc2)C(=O)N(c2ccccc2)[C@@H]1c1ccc(Cl)cc1.O=C([O-])C(F)(F)F. The van der Waals surface area contributed by atoms with E-state index in [1.165, 1.54) is 12.1 Å². The number of aliphatic carboxylic acids is 1. The van der Waals surface area contributed by atoms with Crippen LogP contribution in [-0.4, -0.2) is 29.5 Å². The van der Waals surface area contributed by atoms with E-state index in [0.717, 1.165) is 11.3 Å². The van der Waals surface area contributed by atoms with Gasteiger partial charge in [0, 0.05) is 28.4 Å². The summed E-state index contributed by atoms with van der Waals surface area (Å²) in [4.78, 5) is 39.7. The number of hydrogen-bond donors (Lipinski definition) is 1. The van der Waals surface area contributed by atoms with Crippen molar-refractivity contribution in [2.45, 2.75) is 24.7 Å². The van der Waals surface area contributed by atoms with E-state index < -0.39 is 23.7 Å². The van der Waals surface area contributed by atoms with Gasteiger partial charge < -0.3 is 15.2 Å². The highest BCUT2D eigenvalue weighted by Gasteiger charge is 2.59. The van der Waals surface area contributed by atoms with Gasteiger partial charge in [0.05, 0.1) is 6.04 Å². The van der Waals surface area contributed by atoms with Gasteiger partial charge in [0.15, 0.2) is 4.98 Å². The van der Waals surface area contributed by atoms with Gasteiger partial charge in [0.1, 0.15) is 11.5 Å². The number of β-lactam (4-membered cyclic amide) rings is 1. The average molecular weight is 531 g/mol. The summed E-state index contributed by atoms with van der Waals surface area (Å²) in [6.45, 7) is 1.73. The largest absolute Gasteiger partial charge is 0.542 e. The number of carbonyl (C=O) groups is 3. The minimum Gasteiger partial charge on any atom is -0.542 e. The number of carboxylic acid groups (broad SMARTS) is 1. The molecule has 1 aliphatic heterocycles. The normalized spacial score (nSPS) is 18.5. The number of carboxylic acids is 1. The summed E-state index contributed by atoms with van der Waals surface area (Å²) in [7, 11) is 0. The van der Waals surface area contributed by atoms with Crippen LogP contribution in [0.2, 0.25) is 5.02 Å². The second-order valence-corrected chi connectivity index (χ2v) is 8.49. The summed E-state index contributed by atoms with van der Waals surface area (Å²) >= 11 is 6.04. The summed E-state index contributed by atoms with van der Waals surface area (Å²) in [5.41, 5.74) is 1.18. The number of amides is 2. The molecule has 0 saturated carbocycles. The number of anilines is 1. The third-order valence-electron chi connectivity index (χ3n) is 5.54. The Bertz CT molecular complexity index is 1340. The first kappa shape index (κ1) is 27.2. The molecule has 3 aromatic carbocycles. The fraction of sp³-hybridized carbons (Fsp3) is 0.160. The summed E-state index contributed by atoms with van der Waals surface area (Å²) in [6, 6.07) is 22.3. The van der Waals surface area contributed by atoms with E-state index in [0.29, 0.717) is 16.3 Å². The predicted molar refractivity (Wildman–Crippen MR) is 126 cm³/mol. The van der Waals surface area contributed by atoms with E-state index in [9.17, 15) is 22.8 Å². The van der Waals surface area contributed by atoms with E-state index >= 15 is 0 Å². The lowest BCUT2D eigenvalue weighted by Gasteiger charge is -2.54. The molecule has 190 valence electrons. The van der Waals surface area contributed by atoms with Crippen LogP contribution in [0.1, 0.15) is 28.9 Å². The maximum absolute atomic E-state index is 13.2. The van der Waals surface area contributed by atoms with Crippen LogP contribution in [0.4, 0.5) is 24.5 Å². The second-order valence-electron chi connectivity index (χ2n) is 8.05. The Kier molecular flexibility index (Phi) is 7.84. The molecule has 0 unspecified atom stereocenters. The van der Waals surface area contributed by atoms with Crippen molar-refractivity contribution in [1.82, 2.24) is 5.32 Å². The smallest absolute Gasteiger partial charge is 0.430 e. The number of diazo groups is 1. The van der Waals surface area contributed by atoms with E-state index in [2.05, 4.69) is 10.3 Å². The molecule has 0 spiro atoms. The van der Waals surface area contributed by atoms with E-state index in [4.69, 9.17) is 26.9 Å². The number of carbonyl (C=O) groups excluding carboxylic acids is 3. The van der Waals surface area contributed by atoms with Crippen LogP contribution in [0.5, 0.6) is 0 Å². The molecule has 1 aliphatic rings. The zero-order chi connectivity index (χ0) is 27.4. The molecule has 12 heteroatoms. The molecular weight excluding hydrogens is 513 g/mol. The Morgan fingerprint density at radius 3 is 2.05 bits per heavy atom. The molecule has 8 nitrogen and oxygen atoms in total. The zero-order valence-electron chi connectivity index (χ0n) is 19.1. The van der Waals surface area contributed by atoms with Gasteiger partial charge in [0.25, 0.3) is 11.8 Å². The molecule has 1 heterocycles. The van der Waals surface area contributed by atoms with Crippen LogP contribution in [-0.2, 0) is 9.59 Å². The predicted octanol–water partition coefficient (Wildman–Crippen LogP) is 4.40. The maximum Gasteiger partial charge on any atom is 0.430 e. The number of nitrogens with one attached hydrogen (secondary N) is 1. The molecular formula is C25H18ClF3N4O4. The Morgan fingerprint density at radius 2 is 1.57 bits per heavy atom. The molecule has 1 saturated heterocycles. The average Bonchev–Trinajstić information content (AvgIpc) is 2.88. The summed E-state index contributed by atoms with van der Waals surface area (Å²) in [5, 5.41) is 21.1. The number of para-hydroxylation sites is 1. The van der Waals surface area contributed by atoms with Gasteiger partial charge in [-0.2, -0.15) is 13.2 Å². The highest BCUT2D eigenvalue weighted by Crippen LogP contribution is 2.46. The number of alkyl halides is 3. The van der Waals surface area contributed by atoms with Crippen LogP contribution in [0.25, 0.3) is 4.98 Å². The van der Waals surface area contributed by atoms with Crippen molar-refractivity contribution in [3.63, 3.8) is 0 Å². The van der Waals surface area contributed by atoms with Gasteiger partial charge in [-0.25, -0.2) is 0 Å². The maximum atomic E-state index is 13.2. The van der Waals surface area contributed by atoms with Crippen LogP contribution < -0.4 is 15.3 Å². The van der Waals surface area contributed by atoms with E-state index in [1.807, 2.05) is 42.5 Å². The summed E-state index contributed by atoms with van der Waals surface area (Å²) in [6.07, 6.45) is -5.19. The Labute approximate surface area is 213 Å². The van der Waals surface area contributed by atoms with Gasteiger partial charge >= 0.3 is 11.9 Å². The Morgan fingerprint density at radius 1 is 1.03 bits per heavy atom. The number of rotatable bonds is 4. The molecule has 0 aliphatic carbocycles. The molecule has 2 atom stereocenters. The number of nitrogens with zero attached hydrogens (tertiary/aromatic N) is 3. The molecule has 1 N–H and O–H groups in total. The lowest BCUT2D eigenvalue weighted by molar-refractivity contribution is -0.344. The van der Waals surface area contributed by atoms with Crippen molar-refractivity contribution in [3.8, 4) is 0 Å². The van der Waals surface area contributed by atoms with Gasteiger partial charge in [-0.05, 0) is 48.9 Å². The first-order chi connectivity index (χ1) is 17.4. The third kappa shape index (κ3) is 5.87. The van der Waals surface area contributed by atoms with Crippen LogP contribution in [0.15, 0.2) is 78.9 Å². The third-order valence-corrected chi connectivity index (χ3v) is 5.79. The van der Waals surface area contributed by atoms with Gasteiger partial charge in [-0.15, -0.1) is 0 Å². The topological polar surface area (TPSA) is 118 Å². The fourth-order valence-electron chi connectivity index (χ4n) is 3.77.